The second-order valence-electron chi connectivity index (χ2n) is 8.16. The maximum absolute atomic E-state index is 15.2. The Morgan fingerprint density at radius 1 is 1.41 bits per heavy atom. The first-order chi connectivity index (χ1) is 13.9. The van der Waals surface area contributed by atoms with Crippen molar-refractivity contribution >= 4 is 28.3 Å². The van der Waals surface area contributed by atoms with Gasteiger partial charge in [0, 0.05) is 31.2 Å². The number of anilines is 1. The summed E-state index contributed by atoms with van der Waals surface area (Å²) in [5.74, 6) is -0.309. The predicted molar refractivity (Wildman–Crippen MR) is 107 cm³/mol. The topological polar surface area (TPSA) is 83.8 Å². The molecule has 2 fully saturated rings. The zero-order valence-electron chi connectivity index (χ0n) is 16.6. The number of halogens is 2. The molecule has 0 spiro atoms. The number of pyridine rings is 1. The van der Waals surface area contributed by atoms with E-state index < -0.39 is 11.9 Å². The zero-order valence-corrected chi connectivity index (χ0v) is 17.3. The minimum absolute atomic E-state index is 0.0575. The summed E-state index contributed by atoms with van der Waals surface area (Å²) in [5, 5.41) is 10.4. The van der Waals surface area contributed by atoms with E-state index in [2.05, 4.69) is 19.9 Å². The SMILES string of the molecule is CN(C)CC1(COc2ncc3c(N4CCOC[C@@H](O)C4)nc(Cl)nc3c2F)CC1. The molecule has 1 aliphatic heterocycles. The molecule has 1 saturated carbocycles. The highest BCUT2D eigenvalue weighted by Crippen LogP contribution is 2.46. The Labute approximate surface area is 173 Å². The second kappa shape index (κ2) is 8.14. The van der Waals surface area contributed by atoms with Gasteiger partial charge in [0.15, 0.2) is 0 Å². The van der Waals surface area contributed by atoms with Crippen molar-refractivity contribution in [1.82, 2.24) is 19.9 Å². The average Bonchev–Trinajstić information content (AvgIpc) is 3.45. The molecular formula is C19H25ClFN5O3. The molecule has 0 bridgehead atoms. The summed E-state index contributed by atoms with van der Waals surface area (Å²) in [6, 6.07) is 0. The van der Waals surface area contributed by atoms with Crippen molar-refractivity contribution in [2.24, 2.45) is 5.41 Å². The van der Waals surface area contributed by atoms with Crippen molar-refractivity contribution in [3.05, 3.63) is 17.3 Å². The van der Waals surface area contributed by atoms with Crippen LogP contribution in [0.4, 0.5) is 10.2 Å². The molecule has 10 heteroatoms. The van der Waals surface area contributed by atoms with Crippen LogP contribution in [0.25, 0.3) is 10.9 Å². The molecule has 1 N–H and O–H groups in total. The van der Waals surface area contributed by atoms with E-state index >= 15 is 4.39 Å². The summed E-state index contributed by atoms with van der Waals surface area (Å²) in [6.07, 6.45) is 2.94. The summed E-state index contributed by atoms with van der Waals surface area (Å²) in [6.45, 7) is 2.75. The minimum Gasteiger partial charge on any atom is -0.475 e. The number of aromatic nitrogens is 3. The molecule has 0 unspecified atom stereocenters. The molecule has 8 nitrogen and oxygen atoms in total. The molecule has 0 amide bonds. The predicted octanol–water partition coefficient (Wildman–Crippen LogP) is 1.74. The van der Waals surface area contributed by atoms with E-state index in [4.69, 9.17) is 21.1 Å². The average molecular weight is 426 g/mol. The van der Waals surface area contributed by atoms with Crippen molar-refractivity contribution in [3.8, 4) is 5.88 Å². The third-order valence-corrected chi connectivity index (χ3v) is 5.44. The maximum atomic E-state index is 15.2. The van der Waals surface area contributed by atoms with Crippen LogP contribution in [0.1, 0.15) is 12.8 Å². The van der Waals surface area contributed by atoms with Crippen molar-refractivity contribution in [2.45, 2.75) is 18.9 Å². The molecule has 0 radical (unpaired) electrons. The number of fused-ring (bicyclic) bond motifs is 1. The summed E-state index contributed by atoms with van der Waals surface area (Å²) in [7, 11) is 4.03. The lowest BCUT2D eigenvalue weighted by Gasteiger charge is -2.24. The van der Waals surface area contributed by atoms with Gasteiger partial charge in [-0.2, -0.15) is 9.37 Å². The fourth-order valence-electron chi connectivity index (χ4n) is 3.74. The number of aliphatic hydroxyl groups is 1. The van der Waals surface area contributed by atoms with Crippen LogP contribution >= 0.6 is 11.6 Å². The van der Waals surface area contributed by atoms with Gasteiger partial charge in [-0.1, -0.05) is 0 Å². The smallest absolute Gasteiger partial charge is 0.252 e. The van der Waals surface area contributed by atoms with Crippen molar-refractivity contribution in [2.75, 3.05) is 58.5 Å². The van der Waals surface area contributed by atoms with Crippen LogP contribution in [0.5, 0.6) is 5.88 Å². The largest absolute Gasteiger partial charge is 0.475 e. The van der Waals surface area contributed by atoms with E-state index in [-0.39, 0.29) is 28.7 Å². The van der Waals surface area contributed by atoms with Gasteiger partial charge in [-0.25, -0.2) is 9.97 Å². The molecule has 1 aliphatic carbocycles. The Hall–Kier alpha value is -1.81. The minimum atomic E-state index is -0.673. The van der Waals surface area contributed by atoms with Gasteiger partial charge in [0.2, 0.25) is 11.1 Å². The fraction of sp³-hybridized carbons (Fsp3) is 0.632. The second-order valence-corrected chi connectivity index (χ2v) is 8.50. The van der Waals surface area contributed by atoms with E-state index in [9.17, 15) is 5.11 Å². The molecule has 2 aromatic rings. The zero-order chi connectivity index (χ0) is 20.6. The molecule has 29 heavy (non-hydrogen) atoms. The molecule has 2 aromatic heterocycles. The monoisotopic (exact) mass is 425 g/mol. The Bertz CT molecular complexity index is 896. The van der Waals surface area contributed by atoms with Crippen LogP contribution in [0.3, 0.4) is 0 Å². The highest BCUT2D eigenvalue weighted by Gasteiger charge is 2.44. The van der Waals surface area contributed by atoms with Crippen LogP contribution in [0.15, 0.2) is 6.20 Å². The highest BCUT2D eigenvalue weighted by atomic mass is 35.5. The van der Waals surface area contributed by atoms with Crippen LogP contribution < -0.4 is 9.64 Å². The summed E-state index contributed by atoms with van der Waals surface area (Å²) in [4.78, 5) is 16.4. The lowest BCUT2D eigenvalue weighted by atomic mass is 10.1. The summed E-state index contributed by atoms with van der Waals surface area (Å²) in [5.41, 5.74) is 0.116. The standard InChI is InChI=1S/C19H25ClFN5O3/c1-25(2)10-19(3-4-19)11-29-17-14(21)15-13(7-22-17)16(24-18(20)23-15)26-5-6-28-9-12(27)8-26/h7,12,27H,3-6,8-11H2,1-2H3/t12-/m0/s1. The molecule has 1 atom stereocenters. The molecule has 4 rings (SSSR count). The Morgan fingerprint density at radius 3 is 2.93 bits per heavy atom. The molecule has 2 aliphatic rings. The van der Waals surface area contributed by atoms with Gasteiger partial charge in [-0.15, -0.1) is 0 Å². The van der Waals surface area contributed by atoms with Gasteiger partial charge >= 0.3 is 0 Å². The Morgan fingerprint density at radius 2 is 2.21 bits per heavy atom. The maximum Gasteiger partial charge on any atom is 0.252 e. The fourth-order valence-corrected chi connectivity index (χ4v) is 3.91. The van der Waals surface area contributed by atoms with E-state index in [1.54, 1.807) is 0 Å². The van der Waals surface area contributed by atoms with Gasteiger partial charge in [0.25, 0.3) is 5.88 Å². The van der Waals surface area contributed by atoms with Crippen LogP contribution in [0.2, 0.25) is 5.28 Å². The first kappa shape index (κ1) is 20.5. The molecular weight excluding hydrogens is 401 g/mol. The van der Waals surface area contributed by atoms with Crippen molar-refractivity contribution < 1.29 is 19.0 Å². The summed E-state index contributed by atoms with van der Waals surface area (Å²) < 4.78 is 26.3. The quantitative estimate of drug-likeness (QED) is 0.700. The molecule has 1 saturated heterocycles. The van der Waals surface area contributed by atoms with Gasteiger partial charge in [0.1, 0.15) is 11.3 Å². The lowest BCUT2D eigenvalue weighted by molar-refractivity contribution is 0.0597. The van der Waals surface area contributed by atoms with Crippen LogP contribution in [-0.4, -0.2) is 84.6 Å². The molecule has 3 heterocycles. The molecule has 0 aromatic carbocycles. The normalized spacial score (nSPS) is 21.4. The number of rotatable bonds is 6. The Kier molecular flexibility index (Phi) is 5.74. The third-order valence-electron chi connectivity index (χ3n) is 5.28. The van der Waals surface area contributed by atoms with Gasteiger partial charge in [0.05, 0.1) is 31.3 Å². The first-order valence-corrected chi connectivity index (χ1v) is 10.0. The van der Waals surface area contributed by atoms with E-state index in [1.165, 1.54) is 6.20 Å². The van der Waals surface area contributed by atoms with Crippen LogP contribution in [-0.2, 0) is 4.74 Å². The summed E-state index contributed by atoms with van der Waals surface area (Å²) >= 11 is 6.09. The number of nitrogens with zero attached hydrogens (tertiary/aromatic N) is 5. The number of hydrogen-bond acceptors (Lipinski definition) is 8. The van der Waals surface area contributed by atoms with E-state index in [0.717, 1.165) is 19.4 Å². The Balaban J connectivity index is 1.62. The number of ether oxygens (including phenoxy) is 2. The van der Waals surface area contributed by atoms with E-state index in [1.807, 2.05) is 19.0 Å². The van der Waals surface area contributed by atoms with Crippen molar-refractivity contribution in [1.29, 1.82) is 0 Å². The number of aliphatic hydroxyl groups excluding tert-OH is 1. The van der Waals surface area contributed by atoms with Crippen LogP contribution in [0, 0.1) is 11.2 Å². The third kappa shape index (κ3) is 4.53. The van der Waals surface area contributed by atoms with Gasteiger partial charge < -0.3 is 24.4 Å². The van der Waals surface area contributed by atoms with Gasteiger partial charge in [-0.3, -0.25) is 0 Å². The van der Waals surface area contributed by atoms with Crippen molar-refractivity contribution in [3.63, 3.8) is 0 Å². The van der Waals surface area contributed by atoms with E-state index in [0.29, 0.717) is 37.5 Å². The van der Waals surface area contributed by atoms with Gasteiger partial charge in [-0.05, 0) is 38.5 Å². The molecule has 158 valence electrons. The number of β-amino-alcohol motifs (C(OH)–C–C–N with tert-alkyl or cyclic N) is 1. The highest BCUT2D eigenvalue weighted by molar-refractivity contribution is 6.28. The number of hydrogen-bond donors (Lipinski definition) is 1. The lowest BCUT2D eigenvalue weighted by Crippen LogP contribution is -2.33. The first-order valence-electron chi connectivity index (χ1n) is 9.67.